The third-order valence-corrected chi connectivity index (χ3v) is 1.85. The molecule has 0 aliphatic carbocycles. The van der Waals surface area contributed by atoms with E-state index in [4.69, 9.17) is 14.6 Å². The van der Waals surface area contributed by atoms with Gasteiger partial charge in [0.25, 0.3) is 0 Å². The predicted molar refractivity (Wildman–Crippen MR) is 54.8 cm³/mol. The Bertz CT molecular complexity index is 378. The Kier molecular flexibility index (Phi) is 4.10. The summed E-state index contributed by atoms with van der Waals surface area (Å²) in [4.78, 5) is 11.2. The molecule has 1 N–H and O–H groups in total. The summed E-state index contributed by atoms with van der Waals surface area (Å²) in [5.74, 6) is -1.61. The zero-order chi connectivity index (χ0) is 12.1. The van der Waals surface area contributed by atoms with Crippen molar-refractivity contribution in [2.24, 2.45) is 0 Å². The number of halogens is 1. The Labute approximate surface area is 92.6 Å². The van der Waals surface area contributed by atoms with E-state index in [0.29, 0.717) is 0 Å². The molecule has 1 aromatic carbocycles. The average Bonchev–Trinajstić information content (AvgIpc) is 2.24. The monoisotopic (exact) mass is 228 g/mol. The molecule has 0 fully saturated rings. The van der Waals surface area contributed by atoms with Crippen LogP contribution in [-0.4, -0.2) is 23.8 Å². The van der Waals surface area contributed by atoms with Gasteiger partial charge >= 0.3 is 5.97 Å². The first kappa shape index (κ1) is 12.3. The Morgan fingerprint density at radius 3 is 2.81 bits per heavy atom. The molecule has 0 radical (unpaired) electrons. The van der Waals surface area contributed by atoms with Crippen molar-refractivity contribution in [1.29, 1.82) is 0 Å². The van der Waals surface area contributed by atoms with Crippen LogP contribution in [0.25, 0.3) is 0 Å². The summed E-state index contributed by atoms with van der Waals surface area (Å²) >= 11 is 0. The van der Waals surface area contributed by atoms with E-state index >= 15 is 0 Å². The van der Waals surface area contributed by atoms with E-state index in [1.807, 2.05) is 0 Å². The minimum Gasteiger partial charge on any atom is -0.505 e. The van der Waals surface area contributed by atoms with Gasteiger partial charge in [0.15, 0.2) is 17.7 Å². The number of hydrogen-bond acceptors (Lipinski definition) is 4. The van der Waals surface area contributed by atoms with Crippen molar-refractivity contribution in [3.63, 3.8) is 0 Å². The van der Waals surface area contributed by atoms with Crippen LogP contribution in [0.2, 0.25) is 0 Å². The van der Waals surface area contributed by atoms with Crippen molar-refractivity contribution >= 4 is 5.97 Å². The first-order valence-corrected chi connectivity index (χ1v) is 4.86. The lowest BCUT2D eigenvalue weighted by molar-refractivity contribution is -0.150. The highest BCUT2D eigenvalue weighted by atomic mass is 19.1. The molecule has 0 spiro atoms. The second-order valence-corrected chi connectivity index (χ2v) is 3.13. The molecule has 88 valence electrons. The van der Waals surface area contributed by atoms with Crippen molar-refractivity contribution in [1.82, 2.24) is 0 Å². The third kappa shape index (κ3) is 3.12. The lowest BCUT2D eigenvalue weighted by Gasteiger charge is -2.13. The second kappa shape index (κ2) is 5.34. The summed E-state index contributed by atoms with van der Waals surface area (Å²) in [5.41, 5.74) is 0. The van der Waals surface area contributed by atoms with Crippen LogP contribution in [0.5, 0.6) is 11.5 Å². The van der Waals surface area contributed by atoms with Crippen LogP contribution >= 0.6 is 0 Å². The van der Waals surface area contributed by atoms with E-state index in [1.165, 1.54) is 13.0 Å². The van der Waals surface area contributed by atoms with Gasteiger partial charge in [-0.1, -0.05) is 0 Å². The van der Waals surface area contributed by atoms with Crippen LogP contribution in [-0.2, 0) is 9.53 Å². The number of phenolic OH excluding ortho intramolecular Hbond substituents is 1. The Morgan fingerprint density at radius 2 is 2.25 bits per heavy atom. The second-order valence-electron chi connectivity index (χ2n) is 3.13. The summed E-state index contributed by atoms with van der Waals surface area (Å²) < 4.78 is 22.8. The molecule has 1 rings (SSSR count). The number of aromatic hydroxyl groups is 1. The molecular formula is C11H13FO4. The fraction of sp³-hybridized carbons (Fsp3) is 0.364. The maximum Gasteiger partial charge on any atom is 0.347 e. The van der Waals surface area contributed by atoms with Gasteiger partial charge in [-0.05, 0) is 26.0 Å². The van der Waals surface area contributed by atoms with Crippen molar-refractivity contribution in [3.05, 3.63) is 24.0 Å². The topological polar surface area (TPSA) is 55.8 Å². The van der Waals surface area contributed by atoms with E-state index in [1.54, 1.807) is 6.92 Å². The van der Waals surface area contributed by atoms with Gasteiger partial charge in [0, 0.05) is 6.07 Å². The zero-order valence-corrected chi connectivity index (χ0v) is 9.07. The summed E-state index contributed by atoms with van der Waals surface area (Å²) in [6.45, 7) is 3.45. The van der Waals surface area contributed by atoms with Crippen LogP contribution in [0.3, 0.4) is 0 Å². The summed E-state index contributed by atoms with van der Waals surface area (Å²) in [6, 6.07) is 3.53. The Balaban J connectivity index is 2.66. The molecule has 5 heteroatoms. The number of hydrogen-bond donors (Lipinski definition) is 1. The number of carbonyl (C=O) groups excluding carboxylic acids is 1. The maximum atomic E-state index is 12.9. The van der Waals surface area contributed by atoms with Crippen LogP contribution in [0, 0.1) is 5.82 Å². The largest absolute Gasteiger partial charge is 0.505 e. The Hall–Kier alpha value is -1.78. The molecule has 0 bridgehead atoms. The fourth-order valence-corrected chi connectivity index (χ4v) is 1.07. The summed E-state index contributed by atoms with van der Waals surface area (Å²) in [5, 5.41) is 8.95. The van der Waals surface area contributed by atoms with Crippen LogP contribution in [0.4, 0.5) is 4.39 Å². The summed E-state index contributed by atoms with van der Waals surface area (Å²) in [7, 11) is 0. The highest BCUT2D eigenvalue weighted by Crippen LogP contribution is 2.21. The number of ether oxygens (including phenoxy) is 2. The van der Waals surface area contributed by atoms with E-state index in [-0.39, 0.29) is 12.4 Å². The number of rotatable bonds is 4. The molecule has 0 heterocycles. The standard InChI is InChI=1S/C11H13FO4/c1-3-15-11(14)7(2)16-8-4-5-10(13)9(12)6-8/h4-7,13H,3H2,1-2H3. The van der Waals surface area contributed by atoms with Crippen LogP contribution in [0.15, 0.2) is 18.2 Å². The average molecular weight is 228 g/mol. The van der Waals surface area contributed by atoms with Gasteiger partial charge in [-0.15, -0.1) is 0 Å². The van der Waals surface area contributed by atoms with Crippen molar-refractivity contribution in [3.8, 4) is 11.5 Å². The molecule has 16 heavy (non-hydrogen) atoms. The molecule has 1 atom stereocenters. The lowest BCUT2D eigenvalue weighted by Crippen LogP contribution is -2.26. The van der Waals surface area contributed by atoms with Gasteiger partial charge in [-0.25, -0.2) is 9.18 Å². The van der Waals surface area contributed by atoms with Gasteiger partial charge < -0.3 is 14.6 Å². The molecule has 0 amide bonds. The molecule has 4 nitrogen and oxygen atoms in total. The molecule has 0 saturated heterocycles. The molecule has 1 unspecified atom stereocenters. The molecule has 0 aromatic heterocycles. The first-order chi connectivity index (χ1) is 7.54. The van der Waals surface area contributed by atoms with E-state index in [2.05, 4.69) is 0 Å². The number of benzene rings is 1. The normalized spacial score (nSPS) is 11.9. The minimum atomic E-state index is -0.816. The van der Waals surface area contributed by atoms with Crippen LogP contribution < -0.4 is 4.74 Å². The molecular weight excluding hydrogens is 215 g/mol. The highest BCUT2D eigenvalue weighted by Gasteiger charge is 2.16. The number of carbonyl (C=O) groups is 1. The number of esters is 1. The molecule has 1 aromatic rings. The SMILES string of the molecule is CCOC(=O)C(C)Oc1ccc(O)c(F)c1. The van der Waals surface area contributed by atoms with Gasteiger partial charge in [0.2, 0.25) is 0 Å². The fourth-order valence-electron chi connectivity index (χ4n) is 1.07. The quantitative estimate of drug-likeness (QED) is 0.799. The molecule has 0 aliphatic rings. The first-order valence-electron chi connectivity index (χ1n) is 4.86. The van der Waals surface area contributed by atoms with Crippen molar-refractivity contribution in [2.75, 3.05) is 6.61 Å². The Morgan fingerprint density at radius 1 is 1.56 bits per heavy atom. The van der Waals surface area contributed by atoms with Gasteiger partial charge in [0.05, 0.1) is 6.61 Å². The van der Waals surface area contributed by atoms with Gasteiger partial charge in [-0.3, -0.25) is 0 Å². The number of phenols is 1. The van der Waals surface area contributed by atoms with Crippen molar-refractivity contribution in [2.45, 2.75) is 20.0 Å². The summed E-state index contributed by atoms with van der Waals surface area (Å²) in [6.07, 6.45) is -0.816. The highest BCUT2D eigenvalue weighted by molar-refractivity contribution is 5.74. The van der Waals surface area contributed by atoms with E-state index in [0.717, 1.165) is 12.1 Å². The maximum absolute atomic E-state index is 12.9. The van der Waals surface area contributed by atoms with E-state index in [9.17, 15) is 9.18 Å². The lowest BCUT2D eigenvalue weighted by atomic mass is 10.3. The minimum absolute atomic E-state index is 0.163. The smallest absolute Gasteiger partial charge is 0.347 e. The van der Waals surface area contributed by atoms with Gasteiger partial charge in [0.1, 0.15) is 5.75 Å². The van der Waals surface area contributed by atoms with Crippen LogP contribution in [0.1, 0.15) is 13.8 Å². The third-order valence-electron chi connectivity index (χ3n) is 1.85. The predicted octanol–water partition coefficient (Wildman–Crippen LogP) is 1.86. The molecule has 0 aliphatic heterocycles. The molecule has 0 saturated carbocycles. The zero-order valence-electron chi connectivity index (χ0n) is 9.07. The van der Waals surface area contributed by atoms with E-state index < -0.39 is 23.6 Å². The van der Waals surface area contributed by atoms with Gasteiger partial charge in [-0.2, -0.15) is 0 Å². The van der Waals surface area contributed by atoms with Crippen molar-refractivity contribution < 1.29 is 23.8 Å².